The highest BCUT2D eigenvalue weighted by atomic mass is 19.2. The molecule has 3 aliphatic rings. The van der Waals surface area contributed by atoms with E-state index in [0.717, 1.165) is 42.9 Å². The van der Waals surface area contributed by atoms with Crippen molar-refractivity contribution in [1.82, 2.24) is 19.6 Å². The van der Waals surface area contributed by atoms with Gasteiger partial charge in [0.15, 0.2) is 17.5 Å². The summed E-state index contributed by atoms with van der Waals surface area (Å²) in [6.07, 6.45) is 19.6. The van der Waals surface area contributed by atoms with Crippen molar-refractivity contribution in [2.45, 2.75) is 66.3 Å². The molecular formula is C32H42F3N5O2. The van der Waals surface area contributed by atoms with Crippen LogP contribution in [0.15, 0.2) is 78.1 Å². The van der Waals surface area contributed by atoms with Crippen LogP contribution in [0.3, 0.4) is 0 Å². The highest BCUT2D eigenvalue weighted by Crippen LogP contribution is 2.37. The quantitative estimate of drug-likeness (QED) is 0.350. The number of fused-ring (bicyclic) bond motifs is 1. The van der Waals surface area contributed by atoms with Gasteiger partial charge in [-0.2, -0.15) is 10.0 Å². The molecule has 1 aromatic carbocycles. The fourth-order valence-electron chi connectivity index (χ4n) is 4.67. The third-order valence-corrected chi connectivity index (χ3v) is 6.68. The first-order chi connectivity index (χ1) is 20.3. The topological polar surface area (TPSA) is 63.0 Å². The van der Waals surface area contributed by atoms with Crippen LogP contribution in [0.25, 0.3) is 5.70 Å². The summed E-state index contributed by atoms with van der Waals surface area (Å²) >= 11 is 0. The van der Waals surface area contributed by atoms with E-state index in [1.165, 1.54) is 0 Å². The third-order valence-electron chi connectivity index (χ3n) is 6.68. The van der Waals surface area contributed by atoms with E-state index in [1.807, 2.05) is 68.6 Å². The number of aromatic nitrogens is 2. The van der Waals surface area contributed by atoms with Gasteiger partial charge in [-0.25, -0.2) is 18.2 Å². The molecule has 42 heavy (non-hydrogen) atoms. The number of nitrogens with zero attached hydrogens (tertiary/aromatic N) is 5. The summed E-state index contributed by atoms with van der Waals surface area (Å²) < 4.78 is 48.0. The molecule has 1 amide bonds. The van der Waals surface area contributed by atoms with E-state index in [0.29, 0.717) is 18.9 Å². The summed E-state index contributed by atoms with van der Waals surface area (Å²) in [5.74, 6) is -3.31. The van der Waals surface area contributed by atoms with Crippen LogP contribution in [0.2, 0.25) is 0 Å². The molecule has 1 unspecified atom stereocenters. The van der Waals surface area contributed by atoms with Crippen LogP contribution in [0.1, 0.15) is 66.4 Å². The number of hydrogen-bond donors (Lipinski definition) is 0. The van der Waals surface area contributed by atoms with Crippen molar-refractivity contribution in [2.75, 3.05) is 20.2 Å². The number of amides is 1. The molecule has 3 heterocycles. The molecule has 7 nitrogen and oxygen atoms in total. The largest absolute Gasteiger partial charge is 0.495 e. The van der Waals surface area contributed by atoms with Gasteiger partial charge in [-0.15, -0.1) is 0 Å². The van der Waals surface area contributed by atoms with Gasteiger partial charge in [0, 0.05) is 31.9 Å². The lowest BCUT2D eigenvalue weighted by atomic mass is 9.88. The summed E-state index contributed by atoms with van der Waals surface area (Å²) in [5, 5.41) is 3.62. The minimum Gasteiger partial charge on any atom is -0.495 e. The number of benzene rings is 1. The van der Waals surface area contributed by atoms with Gasteiger partial charge in [0.05, 0.1) is 19.1 Å². The number of rotatable bonds is 4. The Kier molecular flexibility index (Phi) is 13.5. The smallest absolute Gasteiger partial charge is 0.274 e. The van der Waals surface area contributed by atoms with E-state index in [4.69, 9.17) is 4.74 Å². The Morgan fingerprint density at radius 3 is 2.29 bits per heavy atom. The molecule has 1 fully saturated rings. The zero-order valence-electron chi connectivity index (χ0n) is 25.6. The number of hydrogen-bond acceptors (Lipinski definition) is 5. The van der Waals surface area contributed by atoms with Gasteiger partial charge in [0.1, 0.15) is 17.1 Å². The van der Waals surface area contributed by atoms with Gasteiger partial charge in [0.25, 0.3) is 5.91 Å². The minimum atomic E-state index is -1.54. The van der Waals surface area contributed by atoms with Crippen molar-refractivity contribution >= 4 is 17.4 Å². The zero-order valence-corrected chi connectivity index (χ0v) is 25.6. The Morgan fingerprint density at radius 2 is 1.69 bits per heavy atom. The Bertz CT molecular complexity index is 1310. The maximum atomic E-state index is 13.7. The lowest BCUT2D eigenvalue weighted by Gasteiger charge is -2.51. The van der Waals surface area contributed by atoms with E-state index in [2.05, 4.69) is 16.1 Å². The molecular weight excluding hydrogens is 543 g/mol. The normalized spacial score (nSPS) is 19.9. The Balaban J connectivity index is 0.000000291. The second kappa shape index (κ2) is 16.5. The molecule has 1 saturated heterocycles. The lowest BCUT2D eigenvalue weighted by molar-refractivity contribution is -0.148. The zero-order chi connectivity index (χ0) is 31.3. The number of carbonyl (C=O) groups is 1. The van der Waals surface area contributed by atoms with Crippen LogP contribution in [0.4, 0.5) is 13.2 Å². The van der Waals surface area contributed by atoms with Crippen molar-refractivity contribution in [3.05, 3.63) is 96.1 Å². The van der Waals surface area contributed by atoms with Crippen LogP contribution in [-0.2, 0) is 15.1 Å². The second-order valence-corrected chi connectivity index (χ2v) is 9.03. The minimum absolute atomic E-state index is 0.0547. The molecule has 0 radical (unpaired) electrons. The van der Waals surface area contributed by atoms with Crippen molar-refractivity contribution in [2.24, 2.45) is 4.99 Å². The summed E-state index contributed by atoms with van der Waals surface area (Å²) in [4.78, 5) is 20.9. The monoisotopic (exact) mass is 585 g/mol. The van der Waals surface area contributed by atoms with Gasteiger partial charge in [-0.3, -0.25) is 9.80 Å². The van der Waals surface area contributed by atoms with E-state index in [9.17, 15) is 18.0 Å². The number of carbonyl (C=O) groups excluding carboxylic acids is 1. The molecule has 0 saturated carbocycles. The van der Waals surface area contributed by atoms with E-state index in [1.54, 1.807) is 43.7 Å². The fraction of sp³-hybridized carbons (Fsp3) is 0.406. The predicted octanol–water partition coefficient (Wildman–Crippen LogP) is 7.41. The summed E-state index contributed by atoms with van der Waals surface area (Å²) in [7, 11) is 1.68. The second-order valence-electron chi connectivity index (χ2n) is 9.03. The average molecular weight is 586 g/mol. The molecule has 1 atom stereocenters. The number of ether oxygens (including phenoxy) is 1. The molecule has 2 aliphatic heterocycles. The molecule has 228 valence electrons. The first kappa shape index (κ1) is 34.3. The van der Waals surface area contributed by atoms with Crippen molar-refractivity contribution in [3.63, 3.8) is 0 Å². The molecule has 0 N–H and O–H groups in total. The lowest BCUT2D eigenvalue weighted by Crippen LogP contribution is -2.64. The number of imidazole rings is 1. The van der Waals surface area contributed by atoms with Crippen LogP contribution in [-0.4, -0.2) is 51.5 Å². The predicted molar refractivity (Wildman–Crippen MR) is 162 cm³/mol. The number of aliphatic imine (C=N–C) groups is 1. The van der Waals surface area contributed by atoms with Gasteiger partial charge < -0.3 is 9.30 Å². The van der Waals surface area contributed by atoms with E-state index >= 15 is 0 Å². The molecule has 0 spiro atoms. The summed E-state index contributed by atoms with van der Waals surface area (Å²) in [6.45, 7) is 12.6. The Hall–Kier alpha value is -3.92. The van der Waals surface area contributed by atoms with E-state index < -0.39 is 28.9 Å². The number of amidine groups is 1. The van der Waals surface area contributed by atoms with Gasteiger partial charge in [-0.1, -0.05) is 52.0 Å². The molecule has 10 heteroatoms. The average Bonchev–Trinajstić information content (AvgIpc) is 3.45. The summed E-state index contributed by atoms with van der Waals surface area (Å²) in [6, 6.07) is 1.75. The number of hydrazine groups is 1. The highest BCUT2D eigenvalue weighted by molar-refractivity contribution is 6.05. The van der Waals surface area contributed by atoms with Crippen LogP contribution in [0.5, 0.6) is 0 Å². The van der Waals surface area contributed by atoms with E-state index in [-0.39, 0.29) is 5.56 Å². The molecule has 1 aliphatic carbocycles. The standard InChI is InChI=1S/C17H18F3N3O.C11H12N2O.2C2H6/c1-3-6-14-21-16(24)17(2,23-8-5-4-7-22(14)23)11-9-12(18)15(20)13(19)10-11;1-14-11-6-4-2-3-5-10(11)13-8-7-12-9-13;2*1-2/h3,6,9-10H,4-5,7-8H2,1-2H3;2-4,6-9H,5H2,1H3;2*1-2H3/b6-3+;;;. The SMILES string of the molecule is C/C=C/C1=NC(=O)C(C)(c2cc(F)c(F)c(F)c2)N2CCCCN12.CC.CC.COC1=C(n2ccnc2)CC=CC=C1. The molecule has 0 bridgehead atoms. The van der Waals surface area contributed by atoms with Gasteiger partial charge in [0.2, 0.25) is 0 Å². The van der Waals surface area contributed by atoms with Gasteiger partial charge in [-0.05, 0) is 56.5 Å². The molecule has 2 aromatic rings. The number of methoxy groups -OCH3 is 1. The van der Waals surface area contributed by atoms with Crippen LogP contribution < -0.4 is 0 Å². The maximum Gasteiger partial charge on any atom is 0.274 e. The van der Waals surface area contributed by atoms with Crippen molar-refractivity contribution < 1.29 is 22.7 Å². The summed E-state index contributed by atoms with van der Waals surface area (Å²) in [5.41, 5.74) is -0.213. The molecule has 1 aromatic heterocycles. The number of allylic oxidation sites excluding steroid dienone is 6. The number of halogens is 3. The fourth-order valence-corrected chi connectivity index (χ4v) is 4.67. The first-order valence-electron chi connectivity index (χ1n) is 14.4. The van der Waals surface area contributed by atoms with Crippen LogP contribution in [0, 0.1) is 17.5 Å². The Morgan fingerprint density at radius 1 is 1.02 bits per heavy atom. The third kappa shape index (κ3) is 7.47. The highest BCUT2D eigenvalue weighted by Gasteiger charge is 2.49. The maximum absolute atomic E-state index is 13.7. The first-order valence-corrected chi connectivity index (χ1v) is 14.4. The Labute approximate surface area is 247 Å². The van der Waals surface area contributed by atoms with Crippen molar-refractivity contribution in [3.8, 4) is 0 Å². The van der Waals surface area contributed by atoms with Crippen LogP contribution >= 0.6 is 0 Å². The van der Waals surface area contributed by atoms with Crippen molar-refractivity contribution in [1.29, 1.82) is 0 Å². The molecule has 5 rings (SSSR count). The van der Waals surface area contributed by atoms with Gasteiger partial charge >= 0.3 is 0 Å².